The van der Waals surface area contributed by atoms with Crippen molar-refractivity contribution in [2.24, 2.45) is 0 Å². The highest BCUT2D eigenvalue weighted by molar-refractivity contribution is 6.04. The molecule has 3 amide bonds. The van der Waals surface area contributed by atoms with Crippen LogP contribution < -0.4 is 5.32 Å². The Morgan fingerprint density at radius 1 is 1.06 bits per heavy atom. The molecule has 1 aromatic heterocycles. The van der Waals surface area contributed by atoms with Gasteiger partial charge in [-0.25, -0.2) is 4.79 Å². The SMILES string of the molecule is CN1CCN(C(=O)N2Cc3c(NC(=O)c4ccccc4)n[nH]c3C2(C)C)C(Cc2ccccc2)C1. The largest absolute Gasteiger partial charge is 0.321 e. The van der Waals surface area contributed by atoms with Crippen molar-refractivity contribution >= 4 is 17.8 Å². The molecule has 3 heterocycles. The van der Waals surface area contributed by atoms with Crippen molar-refractivity contribution in [3.05, 3.63) is 83.0 Å². The number of aromatic amines is 1. The summed E-state index contributed by atoms with van der Waals surface area (Å²) in [5.74, 6) is 0.265. The van der Waals surface area contributed by atoms with E-state index in [0.29, 0.717) is 24.5 Å². The van der Waals surface area contributed by atoms with Crippen LogP contribution in [-0.2, 0) is 18.5 Å². The van der Waals surface area contributed by atoms with E-state index in [0.717, 1.165) is 30.8 Å². The topological polar surface area (TPSA) is 84.6 Å². The van der Waals surface area contributed by atoms with Crippen LogP contribution in [0.25, 0.3) is 0 Å². The molecular formula is C27H32N6O2. The molecular weight excluding hydrogens is 440 g/mol. The van der Waals surface area contributed by atoms with Crippen molar-refractivity contribution in [2.45, 2.75) is 38.4 Å². The molecule has 8 heteroatoms. The zero-order valence-electron chi connectivity index (χ0n) is 20.5. The lowest BCUT2D eigenvalue weighted by Gasteiger charge is -2.44. The maximum atomic E-state index is 14.0. The summed E-state index contributed by atoms with van der Waals surface area (Å²) < 4.78 is 0. The number of hydrogen-bond acceptors (Lipinski definition) is 4. The third-order valence-electron chi connectivity index (χ3n) is 7.21. The Labute approximate surface area is 205 Å². The molecule has 1 unspecified atom stereocenters. The van der Waals surface area contributed by atoms with Crippen molar-refractivity contribution in [3.8, 4) is 0 Å². The first-order chi connectivity index (χ1) is 16.8. The summed E-state index contributed by atoms with van der Waals surface area (Å²) in [6, 6.07) is 19.5. The molecule has 1 fully saturated rings. The zero-order valence-corrected chi connectivity index (χ0v) is 20.5. The Morgan fingerprint density at radius 3 is 2.46 bits per heavy atom. The average molecular weight is 473 g/mol. The molecule has 0 radical (unpaired) electrons. The number of H-pyrrole nitrogens is 1. The monoisotopic (exact) mass is 472 g/mol. The molecule has 2 aromatic carbocycles. The fourth-order valence-corrected chi connectivity index (χ4v) is 5.17. The molecule has 0 spiro atoms. The third-order valence-corrected chi connectivity index (χ3v) is 7.21. The van der Waals surface area contributed by atoms with Gasteiger partial charge in [-0.2, -0.15) is 5.10 Å². The Balaban J connectivity index is 1.36. The van der Waals surface area contributed by atoms with Crippen LogP contribution in [0.15, 0.2) is 60.7 Å². The lowest BCUT2D eigenvalue weighted by molar-refractivity contribution is 0.0611. The molecule has 0 bridgehead atoms. The second-order valence-corrected chi connectivity index (χ2v) is 9.97. The molecule has 35 heavy (non-hydrogen) atoms. The van der Waals surface area contributed by atoms with Gasteiger partial charge in [0.15, 0.2) is 5.82 Å². The van der Waals surface area contributed by atoms with E-state index >= 15 is 0 Å². The number of nitrogens with zero attached hydrogens (tertiary/aromatic N) is 4. The fraction of sp³-hybridized carbons (Fsp3) is 0.370. The first kappa shape index (κ1) is 23.1. The molecule has 2 aliphatic rings. The molecule has 182 valence electrons. The van der Waals surface area contributed by atoms with E-state index in [1.165, 1.54) is 5.56 Å². The standard InChI is InChI=1S/C27H32N6O2/c1-27(2)23-22(24(30-29-23)28-25(34)20-12-8-5-9-13-20)18-33(27)26(35)32-15-14-31(3)17-21(32)16-19-10-6-4-7-11-19/h4-13,21H,14-18H2,1-3H3,(H2,28,29,30,34). The van der Waals surface area contributed by atoms with Gasteiger partial charge < -0.3 is 20.0 Å². The smallest absolute Gasteiger partial charge is 0.319 e. The van der Waals surface area contributed by atoms with Crippen molar-refractivity contribution in [1.82, 2.24) is 24.9 Å². The fourth-order valence-electron chi connectivity index (χ4n) is 5.17. The summed E-state index contributed by atoms with van der Waals surface area (Å²) in [4.78, 5) is 32.9. The van der Waals surface area contributed by atoms with Gasteiger partial charge in [0.2, 0.25) is 0 Å². The molecule has 2 N–H and O–H groups in total. The first-order valence-corrected chi connectivity index (χ1v) is 12.1. The number of urea groups is 1. The number of fused-ring (bicyclic) bond motifs is 1. The Kier molecular flexibility index (Phi) is 6.06. The molecule has 1 saturated heterocycles. The predicted octanol–water partition coefficient (Wildman–Crippen LogP) is 3.69. The van der Waals surface area contributed by atoms with Gasteiger partial charge in [0.25, 0.3) is 5.91 Å². The number of carbonyl (C=O) groups is 2. The van der Waals surface area contributed by atoms with E-state index in [2.05, 4.69) is 39.6 Å². The van der Waals surface area contributed by atoms with E-state index in [-0.39, 0.29) is 18.0 Å². The minimum absolute atomic E-state index is 0.0222. The number of piperazine rings is 1. The second-order valence-electron chi connectivity index (χ2n) is 9.97. The number of hydrogen-bond donors (Lipinski definition) is 2. The predicted molar refractivity (Wildman–Crippen MR) is 135 cm³/mol. The number of aromatic nitrogens is 2. The van der Waals surface area contributed by atoms with E-state index in [1.807, 2.05) is 60.0 Å². The number of rotatable bonds is 4. The Hall–Kier alpha value is -3.65. The summed E-state index contributed by atoms with van der Waals surface area (Å²) >= 11 is 0. The van der Waals surface area contributed by atoms with Crippen molar-refractivity contribution in [1.29, 1.82) is 0 Å². The van der Waals surface area contributed by atoms with Gasteiger partial charge in [-0.3, -0.25) is 9.89 Å². The molecule has 0 aliphatic carbocycles. The van der Waals surface area contributed by atoms with Crippen LogP contribution in [0.2, 0.25) is 0 Å². The van der Waals surface area contributed by atoms with Gasteiger partial charge in [0.05, 0.1) is 23.8 Å². The van der Waals surface area contributed by atoms with Gasteiger partial charge in [-0.15, -0.1) is 0 Å². The van der Waals surface area contributed by atoms with Crippen LogP contribution in [0.5, 0.6) is 0 Å². The minimum Gasteiger partial charge on any atom is -0.319 e. The number of amides is 3. The maximum Gasteiger partial charge on any atom is 0.321 e. The van der Waals surface area contributed by atoms with E-state index in [9.17, 15) is 9.59 Å². The van der Waals surface area contributed by atoms with E-state index in [4.69, 9.17) is 0 Å². The Morgan fingerprint density at radius 2 is 1.74 bits per heavy atom. The summed E-state index contributed by atoms with van der Waals surface area (Å²) in [6.45, 7) is 6.81. The van der Waals surface area contributed by atoms with Crippen molar-refractivity contribution in [2.75, 3.05) is 32.0 Å². The summed E-state index contributed by atoms with van der Waals surface area (Å²) in [5, 5.41) is 10.4. The number of nitrogens with one attached hydrogen (secondary N) is 2. The maximum absolute atomic E-state index is 14.0. The summed E-state index contributed by atoms with van der Waals surface area (Å²) in [6.07, 6.45) is 0.816. The third kappa shape index (κ3) is 4.41. The van der Waals surface area contributed by atoms with E-state index in [1.54, 1.807) is 12.1 Å². The van der Waals surface area contributed by atoms with Crippen LogP contribution in [0, 0.1) is 0 Å². The quantitative estimate of drug-likeness (QED) is 0.607. The molecule has 0 saturated carbocycles. The zero-order chi connectivity index (χ0) is 24.6. The number of carbonyl (C=O) groups excluding carboxylic acids is 2. The Bertz CT molecular complexity index is 1210. The highest BCUT2D eigenvalue weighted by atomic mass is 16.2. The van der Waals surface area contributed by atoms with Crippen LogP contribution in [0.3, 0.4) is 0 Å². The van der Waals surface area contributed by atoms with Gasteiger partial charge >= 0.3 is 6.03 Å². The van der Waals surface area contributed by atoms with Gasteiger partial charge in [-0.05, 0) is 45.0 Å². The molecule has 2 aliphatic heterocycles. The molecule has 8 nitrogen and oxygen atoms in total. The minimum atomic E-state index is -0.574. The summed E-state index contributed by atoms with van der Waals surface area (Å²) in [7, 11) is 2.11. The van der Waals surface area contributed by atoms with Gasteiger partial charge in [-0.1, -0.05) is 48.5 Å². The lowest BCUT2D eigenvalue weighted by Crippen LogP contribution is -2.59. The molecule has 1 atom stereocenters. The van der Waals surface area contributed by atoms with Gasteiger partial charge in [0.1, 0.15) is 0 Å². The number of likely N-dealkylation sites (N-methyl/N-ethyl adjacent to an activating group) is 1. The van der Waals surface area contributed by atoms with Crippen molar-refractivity contribution < 1.29 is 9.59 Å². The second kappa shape index (κ2) is 9.19. The normalized spacial score (nSPS) is 19.5. The van der Waals surface area contributed by atoms with E-state index < -0.39 is 5.54 Å². The highest BCUT2D eigenvalue weighted by Crippen LogP contribution is 2.41. The average Bonchev–Trinajstić information content (AvgIpc) is 3.37. The first-order valence-electron chi connectivity index (χ1n) is 12.1. The van der Waals surface area contributed by atoms with Gasteiger partial charge in [0, 0.05) is 30.8 Å². The molecule has 3 aromatic rings. The highest BCUT2D eigenvalue weighted by Gasteiger charge is 2.46. The van der Waals surface area contributed by atoms with Crippen LogP contribution in [-0.4, -0.2) is 69.6 Å². The summed E-state index contributed by atoms with van der Waals surface area (Å²) in [5.41, 5.74) is 2.95. The van der Waals surface area contributed by atoms with Crippen LogP contribution in [0.1, 0.15) is 41.0 Å². The number of anilines is 1. The lowest BCUT2D eigenvalue weighted by atomic mass is 10.00. The number of benzene rings is 2. The van der Waals surface area contributed by atoms with Crippen molar-refractivity contribution in [3.63, 3.8) is 0 Å². The van der Waals surface area contributed by atoms with Crippen LogP contribution >= 0.6 is 0 Å². The van der Waals surface area contributed by atoms with Crippen LogP contribution in [0.4, 0.5) is 10.6 Å². The molecule has 5 rings (SSSR count).